The summed E-state index contributed by atoms with van der Waals surface area (Å²) in [6.45, 7) is 6.26. The smallest absolute Gasteiger partial charge is 0.374 e. The number of anilines is 1. The highest BCUT2D eigenvalue weighted by atomic mass is 16.5. The number of carbonyl (C=O) groups excluding carboxylic acids is 2. The molecule has 6 nitrogen and oxygen atoms in total. The van der Waals surface area contributed by atoms with Crippen molar-refractivity contribution in [3.8, 4) is 0 Å². The topological polar surface area (TPSA) is 85.6 Å². The Hall–Kier alpha value is -3.41. The first-order valence-corrected chi connectivity index (χ1v) is 12.5. The average molecular weight is 478 g/mol. The summed E-state index contributed by atoms with van der Waals surface area (Å²) in [4.78, 5) is 37.8. The SMILES string of the molecule is CCCCCCCCc1ccc(C(=O)Nc2cccc3c(=O)cc(C(=O)OCC(C)C)oc23)cc1. The Balaban J connectivity index is 1.70. The number of benzene rings is 2. The molecule has 0 saturated carbocycles. The summed E-state index contributed by atoms with van der Waals surface area (Å²) < 4.78 is 10.9. The van der Waals surface area contributed by atoms with Crippen molar-refractivity contribution in [1.82, 2.24) is 0 Å². The molecule has 0 atom stereocenters. The van der Waals surface area contributed by atoms with E-state index in [0.717, 1.165) is 18.9 Å². The van der Waals surface area contributed by atoms with E-state index in [4.69, 9.17) is 9.15 Å². The minimum atomic E-state index is -0.709. The second-order valence-electron chi connectivity index (χ2n) is 9.32. The molecule has 3 rings (SSSR count). The summed E-state index contributed by atoms with van der Waals surface area (Å²) in [5.41, 5.74) is 1.79. The zero-order chi connectivity index (χ0) is 25.2. The summed E-state index contributed by atoms with van der Waals surface area (Å²) in [6, 6.07) is 13.6. The molecule has 0 radical (unpaired) electrons. The van der Waals surface area contributed by atoms with Gasteiger partial charge in [0.25, 0.3) is 5.91 Å². The molecule has 1 heterocycles. The fraction of sp³-hybridized carbons (Fsp3) is 0.414. The highest BCUT2D eigenvalue weighted by Gasteiger charge is 2.17. The van der Waals surface area contributed by atoms with Crippen LogP contribution in [0.5, 0.6) is 0 Å². The van der Waals surface area contributed by atoms with Crippen molar-refractivity contribution in [2.45, 2.75) is 65.7 Å². The largest absolute Gasteiger partial charge is 0.460 e. The number of para-hydroxylation sites is 1. The maximum atomic E-state index is 12.9. The molecule has 0 spiro atoms. The van der Waals surface area contributed by atoms with Gasteiger partial charge in [0.05, 0.1) is 17.7 Å². The van der Waals surface area contributed by atoms with E-state index in [2.05, 4.69) is 12.2 Å². The van der Waals surface area contributed by atoms with Crippen molar-refractivity contribution in [2.24, 2.45) is 5.92 Å². The fourth-order valence-electron chi connectivity index (χ4n) is 3.82. The Morgan fingerprint density at radius 1 is 0.971 bits per heavy atom. The number of aryl methyl sites for hydroxylation is 1. The van der Waals surface area contributed by atoms with Gasteiger partial charge < -0.3 is 14.5 Å². The number of ether oxygens (including phenoxy) is 1. The predicted octanol–water partition coefficient (Wildman–Crippen LogP) is 6.76. The van der Waals surface area contributed by atoms with E-state index in [1.807, 2.05) is 26.0 Å². The lowest BCUT2D eigenvalue weighted by Gasteiger charge is -2.10. The van der Waals surface area contributed by atoms with E-state index in [1.54, 1.807) is 30.3 Å². The molecule has 6 heteroatoms. The number of nitrogens with one attached hydrogen (secondary N) is 1. The van der Waals surface area contributed by atoms with Crippen molar-refractivity contribution in [3.63, 3.8) is 0 Å². The van der Waals surface area contributed by atoms with Crippen LogP contribution in [0.1, 0.15) is 85.8 Å². The van der Waals surface area contributed by atoms with Crippen LogP contribution in [0.3, 0.4) is 0 Å². The van der Waals surface area contributed by atoms with Gasteiger partial charge in [-0.05, 0) is 48.6 Å². The Morgan fingerprint density at radius 3 is 2.40 bits per heavy atom. The Bertz CT molecular complexity index is 1190. The van der Waals surface area contributed by atoms with E-state index in [-0.39, 0.29) is 40.6 Å². The van der Waals surface area contributed by atoms with E-state index in [0.29, 0.717) is 11.3 Å². The van der Waals surface area contributed by atoms with E-state index in [1.165, 1.54) is 37.7 Å². The van der Waals surface area contributed by atoms with E-state index < -0.39 is 5.97 Å². The van der Waals surface area contributed by atoms with E-state index >= 15 is 0 Å². The molecule has 0 fully saturated rings. The Labute approximate surface area is 206 Å². The molecule has 1 aromatic heterocycles. The summed E-state index contributed by atoms with van der Waals surface area (Å²) in [5.74, 6) is -1.07. The second-order valence-corrected chi connectivity index (χ2v) is 9.32. The van der Waals surface area contributed by atoms with Crippen LogP contribution >= 0.6 is 0 Å². The average Bonchev–Trinajstić information content (AvgIpc) is 2.85. The summed E-state index contributed by atoms with van der Waals surface area (Å²) in [5, 5.41) is 3.09. The number of carbonyl (C=O) groups is 2. The van der Waals surface area contributed by atoms with Gasteiger partial charge in [-0.25, -0.2) is 4.79 Å². The van der Waals surface area contributed by atoms with Gasteiger partial charge >= 0.3 is 5.97 Å². The van der Waals surface area contributed by atoms with Crippen molar-refractivity contribution >= 4 is 28.5 Å². The second kappa shape index (κ2) is 12.9. The summed E-state index contributed by atoms with van der Waals surface area (Å²) in [6.07, 6.45) is 8.48. The number of rotatable bonds is 12. The number of hydrogen-bond acceptors (Lipinski definition) is 5. The molecule has 0 saturated heterocycles. The fourth-order valence-corrected chi connectivity index (χ4v) is 3.82. The van der Waals surface area contributed by atoms with Crippen LogP contribution in [0, 0.1) is 5.92 Å². The van der Waals surface area contributed by atoms with Crippen LogP contribution in [0.4, 0.5) is 5.69 Å². The van der Waals surface area contributed by atoms with Crippen LogP contribution in [-0.4, -0.2) is 18.5 Å². The van der Waals surface area contributed by atoms with Crippen LogP contribution in [-0.2, 0) is 11.2 Å². The molecule has 0 aliphatic rings. The Morgan fingerprint density at radius 2 is 1.69 bits per heavy atom. The van der Waals surface area contributed by atoms with Crippen LogP contribution in [0.15, 0.2) is 57.7 Å². The number of esters is 1. The Kier molecular flexibility index (Phi) is 9.65. The first kappa shape index (κ1) is 26.2. The highest BCUT2D eigenvalue weighted by Crippen LogP contribution is 2.23. The molecule has 3 aromatic rings. The van der Waals surface area contributed by atoms with Crippen molar-refractivity contribution in [1.29, 1.82) is 0 Å². The van der Waals surface area contributed by atoms with E-state index in [9.17, 15) is 14.4 Å². The molecule has 1 N–H and O–H groups in total. The first-order chi connectivity index (χ1) is 16.9. The molecular weight excluding hydrogens is 442 g/mol. The third-order valence-corrected chi connectivity index (χ3v) is 5.79. The number of fused-ring (bicyclic) bond motifs is 1. The lowest BCUT2D eigenvalue weighted by atomic mass is 10.0. The van der Waals surface area contributed by atoms with Crippen LogP contribution in [0.2, 0.25) is 0 Å². The molecule has 1 amide bonds. The maximum Gasteiger partial charge on any atom is 0.374 e. The normalized spacial score (nSPS) is 11.1. The molecule has 0 aliphatic heterocycles. The highest BCUT2D eigenvalue weighted by molar-refractivity contribution is 6.08. The van der Waals surface area contributed by atoms with Gasteiger partial charge in [-0.2, -0.15) is 0 Å². The number of unbranched alkanes of at least 4 members (excludes halogenated alkanes) is 5. The van der Waals surface area contributed by atoms with Gasteiger partial charge in [-0.15, -0.1) is 0 Å². The maximum absolute atomic E-state index is 12.9. The lowest BCUT2D eigenvalue weighted by molar-refractivity contribution is 0.0423. The number of hydrogen-bond donors (Lipinski definition) is 1. The van der Waals surface area contributed by atoms with Crippen molar-refractivity contribution < 1.29 is 18.7 Å². The standard InChI is InChI=1S/C29H35NO5/c1-4-5-6-7-8-9-11-21-14-16-22(17-15-21)28(32)30-24-13-10-12-23-25(31)18-26(35-27(23)24)29(33)34-19-20(2)3/h10,12-18,20H,4-9,11,19H2,1-3H3,(H,30,32). The molecular formula is C29H35NO5. The van der Waals surface area contributed by atoms with Crippen LogP contribution < -0.4 is 10.7 Å². The zero-order valence-electron chi connectivity index (χ0n) is 20.9. The number of amides is 1. The minimum absolute atomic E-state index is 0.143. The molecule has 0 aliphatic carbocycles. The quantitative estimate of drug-likeness (QED) is 0.230. The summed E-state index contributed by atoms with van der Waals surface area (Å²) in [7, 11) is 0. The summed E-state index contributed by atoms with van der Waals surface area (Å²) >= 11 is 0. The monoisotopic (exact) mass is 477 g/mol. The van der Waals surface area contributed by atoms with Gasteiger partial charge in [0.1, 0.15) is 0 Å². The lowest BCUT2D eigenvalue weighted by Crippen LogP contribution is -2.15. The molecule has 35 heavy (non-hydrogen) atoms. The molecule has 186 valence electrons. The van der Waals surface area contributed by atoms with Crippen molar-refractivity contribution in [2.75, 3.05) is 11.9 Å². The third kappa shape index (κ3) is 7.54. The zero-order valence-corrected chi connectivity index (χ0v) is 20.9. The molecule has 2 aromatic carbocycles. The van der Waals surface area contributed by atoms with Gasteiger partial charge in [-0.3, -0.25) is 9.59 Å². The van der Waals surface area contributed by atoms with Crippen LogP contribution in [0.25, 0.3) is 11.0 Å². The van der Waals surface area contributed by atoms with Gasteiger partial charge in [0.15, 0.2) is 11.0 Å². The first-order valence-electron chi connectivity index (χ1n) is 12.5. The van der Waals surface area contributed by atoms with Gasteiger partial charge in [0, 0.05) is 11.6 Å². The third-order valence-electron chi connectivity index (χ3n) is 5.79. The molecule has 0 bridgehead atoms. The van der Waals surface area contributed by atoms with Gasteiger partial charge in [0.2, 0.25) is 5.76 Å². The van der Waals surface area contributed by atoms with Gasteiger partial charge in [-0.1, -0.05) is 71.1 Å². The minimum Gasteiger partial charge on any atom is -0.460 e. The molecule has 0 unspecified atom stereocenters. The predicted molar refractivity (Wildman–Crippen MR) is 139 cm³/mol. The van der Waals surface area contributed by atoms with Crippen molar-refractivity contribution in [3.05, 3.63) is 75.6 Å².